The van der Waals surface area contributed by atoms with E-state index in [1.807, 2.05) is 13.8 Å². The first-order chi connectivity index (χ1) is 14.6. The Bertz CT molecular complexity index is 493. The van der Waals surface area contributed by atoms with Gasteiger partial charge in [-0.15, -0.1) is 0 Å². The van der Waals surface area contributed by atoms with Crippen LogP contribution in [-0.2, 0) is 9.53 Å². The number of carbonyl (C=O) groups excluding carboxylic acids is 1. The van der Waals surface area contributed by atoms with Crippen molar-refractivity contribution in [2.24, 2.45) is 0 Å². The summed E-state index contributed by atoms with van der Waals surface area (Å²) < 4.78 is 6.27. The van der Waals surface area contributed by atoms with E-state index in [2.05, 4.69) is 31.4 Å². The van der Waals surface area contributed by atoms with E-state index < -0.39 is 5.54 Å². The van der Waals surface area contributed by atoms with Gasteiger partial charge in [-0.25, -0.2) is 0 Å². The number of aliphatic hydroxyl groups excluding tert-OH is 1. The number of nitrogens with one attached hydrogen (secondary N) is 2. The molecule has 0 bridgehead atoms. The lowest BCUT2D eigenvalue weighted by Gasteiger charge is -2.31. The lowest BCUT2D eigenvalue weighted by Crippen LogP contribution is -2.49. The summed E-state index contributed by atoms with van der Waals surface area (Å²) in [6.45, 7) is 11.0. The van der Waals surface area contributed by atoms with Crippen molar-refractivity contribution in [3.63, 3.8) is 0 Å². The zero-order chi connectivity index (χ0) is 23.2. The number of unbranched alkanes of at least 4 members (excludes halogenated alkanes) is 10. The normalized spacial score (nSPS) is 20.8. The third-order valence-corrected chi connectivity index (χ3v) is 6.32. The van der Waals surface area contributed by atoms with Crippen LogP contribution in [0.2, 0.25) is 0 Å². The number of ether oxygens (including phenoxy) is 1. The first kappa shape index (κ1) is 28.4. The molecule has 0 aliphatic carbocycles. The highest BCUT2D eigenvalue weighted by molar-refractivity contribution is 5.76. The van der Waals surface area contributed by atoms with Crippen LogP contribution in [0.5, 0.6) is 0 Å². The van der Waals surface area contributed by atoms with Crippen molar-refractivity contribution in [3.8, 4) is 0 Å². The summed E-state index contributed by atoms with van der Waals surface area (Å²) >= 11 is 0. The molecule has 5 nitrogen and oxygen atoms in total. The Kier molecular flexibility index (Phi) is 13.3. The van der Waals surface area contributed by atoms with Crippen LogP contribution < -0.4 is 10.6 Å². The molecule has 184 valence electrons. The van der Waals surface area contributed by atoms with Gasteiger partial charge in [0.25, 0.3) is 0 Å². The molecule has 1 aliphatic heterocycles. The predicted octanol–water partition coefficient (Wildman–Crippen LogP) is 5.84. The molecule has 0 aromatic carbocycles. The summed E-state index contributed by atoms with van der Waals surface area (Å²) in [4.78, 5) is 12.2. The first-order valence-electron chi connectivity index (χ1n) is 13.0. The van der Waals surface area contributed by atoms with E-state index in [-0.39, 0.29) is 23.8 Å². The SMILES string of the molecule is CCCCCCCCCCCCCC1(CCCC(=O)NC(C)(C)CO)NC(C)(C)CO1. The Morgan fingerprint density at radius 1 is 0.935 bits per heavy atom. The van der Waals surface area contributed by atoms with E-state index in [0.29, 0.717) is 6.42 Å². The molecule has 0 saturated carbocycles. The van der Waals surface area contributed by atoms with Gasteiger partial charge in [-0.3, -0.25) is 10.1 Å². The zero-order valence-electron chi connectivity index (χ0n) is 21.3. The second-order valence-corrected chi connectivity index (χ2v) is 11.0. The fourth-order valence-electron chi connectivity index (χ4n) is 4.49. The summed E-state index contributed by atoms with van der Waals surface area (Å²) in [6, 6.07) is 0. The average molecular weight is 441 g/mol. The van der Waals surface area contributed by atoms with Crippen LogP contribution >= 0.6 is 0 Å². The van der Waals surface area contributed by atoms with Gasteiger partial charge in [-0.05, 0) is 53.4 Å². The molecular formula is C26H52N2O3. The van der Waals surface area contributed by atoms with Crippen LogP contribution in [0.3, 0.4) is 0 Å². The van der Waals surface area contributed by atoms with Gasteiger partial charge in [0, 0.05) is 12.0 Å². The third kappa shape index (κ3) is 12.8. The van der Waals surface area contributed by atoms with E-state index in [0.717, 1.165) is 25.9 Å². The van der Waals surface area contributed by atoms with E-state index >= 15 is 0 Å². The molecule has 3 N–H and O–H groups in total. The molecule has 1 atom stereocenters. The van der Waals surface area contributed by atoms with Gasteiger partial charge in [0.1, 0.15) is 5.72 Å². The fraction of sp³-hybridized carbons (Fsp3) is 0.962. The molecule has 1 unspecified atom stereocenters. The van der Waals surface area contributed by atoms with Crippen LogP contribution in [0.15, 0.2) is 0 Å². The quantitative estimate of drug-likeness (QED) is 0.234. The highest BCUT2D eigenvalue weighted by atomic mass is 16.5. The second kappa shape index (κ2) is 14.5. The van der Waals surface area contributed by atoms with Crippen LogP contribution in [0, 0.1) is 0 Å². The number of carbonyl (C=O) groups is 1. The molecule has 1 amide bonds. The largest absolute Gasteiger partial charge is 0.394 e. The highest BCUT2D eigenvalue weighted by Gasteiger charge is 2.42. The smallest absolute Gasteiger partial charge is 0.220 e. The molecule has 0 radical (unpaired) electrons. The van der Waals surface area contributed by atoms with Crippen molar-refractivity contribution in [1.82, 2.24) is 10.6 Å². The van der Waals surface area contributed by atoms with Crippen LogP contribution in [0.4, 0.5) is 0 Å². The lowest BCUT2D eigenvalue weighted by atomic mass is 9.96. The zero-order valence-corrected chi connectivity index (χ0v) is 21.3. The number of aliphatic hydroxyl groups is 1. The van der Waals surface area contributed by atoms with Crippen LogP contribution in [0.1, 0.15) is 131 Å². The molecular weight excluding hydrogens is 388 g/mol. The Labute approximate surface area is 192 Å². The lowest BCUT2D eigenvalue weighted by molar-refractivity contribution is -0.123. The van der Waals surface area contributed by atoms with Gasteiger partial charge < -0.3 is 15.2 Å². The summed E-state index contributed by atoms with van der Waals surface area (Å²) in [5.41, 5.74) is -0.872. The van der Waals surface area contributed by atoms with E-state index in [1.54, 1.807) is 0 Å². The van der Waals surface area contributed by atoms with Gasteiger partial charge in [-0.1, -0.05) is 71.1 Å². The predicted molar refractivity (Wildman–Crippen MR) is 130 cm³/mol. The molecule has 1 aliphatic rings. The van der Waals surface area contributed by atoms with E-state index in [1.165, 1.54) is 70.6 Å². The molecule has 0 aromatic heterocycles. The molecule has 1 rings (SSSR count). The number of rotatable bonds is 18. The van der Waals surface area contributed by atoms with Gasteiger partial charge in [-0.2, -0.15) is 0 Å². The minimum atomic E-state index is -0.561. The Hall–Kier alpha value is -0.650. The van der Waals surface area contributed by atoms with Crippen LogP contribution in [-0.4, -0.2) is 41.0 Å². The van der Waals surface area contributed by atoms with Crippen molar-refractivity contribution in [2.75, 3.05) is 13.2 Å². The van der Waals surface area contributed by atoms with Crippen molar-refractivity contribution >= 4 is 5.91 Å². The number of amides is 1. The van der Waals surface area contributed by atoms with Gasteiger partial charge >= 0.3 is 0 Å². The molecule has 1 saturated heterocycles. The Balaban J connectivity index is 2.26. The standard InChI is InChI=1S/C26H52N2O3/c1-6-7-8-9-10-11-12-13-14-15-16-19-26(28-25(4,5)22-31-26)20-17-18-23(30)27-24(2,3)21-29/h28-29H,6-22H2,1-5H3,(H,27,30). The maximum absolute atomic E-state index is 12.2. The molecule has 1 fully saturated rings. The average Bonchev–Trinajstić information content (AvgIpc) is 3.00. The monoisotopic (exact) mass is 440 g/mol. The third-order valence-electron chi connectivity index (χ3n) is 6.32. The molecule has 0 spiro atoms. The van der Waals surface area contributed by atoms with Gasteiger partial charge in [0.2, 0.25) is 5.91 Å². The number of hydrogen-bond donors (Lipinski definition) is 3. The summed E-state index contributed by atoms with van der Waals surface area (Å²) in [5.74, 6) is 0.00107. The Morgan fingerprint density at radius 3 is 1.94 bits per heavy atom. The van der Waals surface area contributed by atoms with Crippen LogP contribution in [0.25, 0.3) is 0 Å². The van der Waals surface area contributed by atoms with Gasteiger partial charge in [0.15, 0.2) is 0 Å². The van der Waals surface area contributed by atoms with Crippen molar-refractivity contribution in [3.05, 3.63) is 0 Å². The summed E-state index contributed by atoms with van der Waals surface area (Å²) in [6.07, 6.45) is 17.9. The maximum Gasteiger partial charge on any atom is 0.220 e. The Morgan fingerprint density at radius 2 is 1.45 bits per heavy atom. The number of hydrogen-bond acceptors (Lipinski definition) is 4. The topological polar surface area (TPSA) is 70.6 Å². The molecule has 5 heteroatoms. The van der Waals surface area contributed by atoms with Crippen molar-refractivity contribution in [2.45, 2.75) is 148 Å². The first-order valence-corrected chi connectivity index (χ1v) is 13.0. The van der Waals surface area contributed by atoms with E-state index in [4.69, 9.17) is 4.74 Å². The minimum absolute atomic E-state index is 0.00107. The minimum Gasteiger partial charge on any atom is -0.394 e. The van der Waals surface area contributed by atoms with Gasteiger partial charge in [0.05, 0.1) is 18.8 Å². The molecule has 31 heavy (non-hydrogen) atoms. The van der Waals surface area contributed by atoms with E-state index in [9.17, 15) is 9.90 Å². The fourth-order valence-corrected chi connectivity index (χ4v) is 4.49. The van der Waals surface area contributed by atoms with Crippen molar-refractivity contribution in [1.29, 1.82) is 0 Å². The van der Waals surface area contributed by atoms with Crippen molar-refractivity contribution < 1.29 is 14.6 Å². The second-order valence-electron chi connectivity index (χ2n) is 11.0. The molecule has 0 aromatic rings. The summed E-state index contributed by atoms with van der Waals surface area (Å²) in [7, 11) is 0. The maximum atomic E-state index is 12.2. The molecule has 1 heterocycles. The summed E-state index contributed by atoms with van der Waals surface area (Å²) in [5, 5.41) is 15.9. The highest BCUT2D eigenvalue weighted by Crippen LogP contribution is 2.32.